The first-order valence-electron chi connectivity index (χ1n) is 12.2. The SMILES string of the molecule is C=CC(=O)N1CC[C@@H](n2c3c(n(-c4ccc(Oc5cccc(C6CC6)c5)cc4)c2=O)=CNCC=3)C1. The number of amides is 1. The molecular formula is C28H28N4O3. The minimum atomic E-state index is -0.102. The third-order valence-electron chi connectivity index (χ3n) is 7.06. The van der Waals surface area contributed by atoms with Crippen LogP contribution in [0, 0.1) is 0 Å². The van der Waals surface area contributed by atoms with Crippen molar-refractivity contribution in [2.45, 2.75) is 31.2 Å². The van der Waals surface area contributed by atoms with E-state index in [0.717, 1.165) is 34.3 Å². The zero-order valence-corrected chi connectivity index (χ0v) is 19.5. The lowest BCUT2D eigenvalue weighted by molar-refractivity contribution is -0.125. The summed E-state index contributed by atoms with van der Waals surface area (Å²) in [5.41, 5.74) is 2.00. The van der Waals surface area contributed by atoms with Gasteiger partial charge in [0.25, 0.3) is 0 Å². The lowest BCUT2D eigenvalue weighted by Gasteiger charge is -2.15. The maximum Gasteiger partial charge on any atom is 0.334 e. The molecular weight excluding hydrogens is 440 g/mol. The van der Waals surface area contributed by atoms with Crippen LogP contribution in [0.3, 0.4) is 0 Å². The Balaban J connectivity index is 1.31. The van der Waals surface area contributed by atoms with Crippen molar-refractivity contribution >= 4 is 18.2 Å². The molecule has 6 rings (SSSR count). The summed E-state index contributed by atoms with van der Waals surface area (Å²) < 4.78 is 9.67. The average molecular weight is 469 g/mol. The van der Waals surface area contributed by atoms with Gasteiger partial charge in [0.15, 0.2) is 0 Å². The highest BCUT2D eigenvalue weighted by Crippen LogP contribution is 2.41. The van der Waals surface area contributed by atoms with E-state index >= 15 is 0 Å². The van der Waals surface area contributed by atoms with Crippen LogP contribution in [0.25, 0.3) is 18.0 Å². The van der Waals surface area contributed by atoms with Crippen LogP contribution in [0.1, 0.15) is 36.8 Å². The number of hydrogen-bond donors (Lipinski definition) is 1. The Morgan fingerprint density at radius 2 is 1.89 bits per heavy atom. The quantitative estimate of drug-likeness (QED) is 0.564. The van der Waals surface area contributed by atoms with Crippen molar-refractivity contribution in [3.63, 3.8) is 0 Å². The summed E-state index contributed by atoms with van der Waals surface area (Å²) in [5, 5.41) is 4.94. The van der Waals surface area contributed by atoms with E-state index in [1.807, 2.05) is 53.2 Å². The Bertz CT molecular complexity index is 1480. The Hall–Kier alpha value is -4.00. The highest BCUT2D eigenvalue weighted by Gasteiger charge is 2.29. The molecule has 3 heterocycles. The third kappa shape index (κ3) is 3.97. The monoisotopic (exact) mass is 468 g/mol. The van der Waals surface area contributed by atoms with Crippen LogP contribution in [0.4, 0.5) is 0 Å². The first kappa shape index (κ1) is 21.5. The van der Waals surface area contributed by atoms with Gasteiger partial charge in [-0.25, -0.2) is 4.79 Å². The Morgan fingerprint density at radius 1 is 1.06 bits per heavy atom. The number of carbonyl (C=O) groups is 1. The summed E-state index contributed by atoms with van der Waals surface area (Å²) in [6, 6.07) is 15.8. The van der Waals surface area contributed by atoms with Crippen LogP contribution < -0.4 is 26.4 Å². The van der Waals surface area contributed by atoms with E-state index in [-0.39, 0.29) is 17.6 Å². The lowest BCUT2D eigenvalue weighted by Crippen LogP contribution is -2.40. The third-order valence-corrected chi connectivity index (χ3v) is 7.06. The van der Waals surface area contributed by atoms with Crippen molar-refractivity contribution in [2.75, 3.05) is 19.6 Å². The molecule has 35 heavy (non-hydrogen) atoms. The number of hydrogen-bond acceptors (Lipinski definition) is 4. The second-order valence-electron chi connectivity index (χ2n) is 9.39. The first-order valence-corrected chi connectivity index (χ1v) is 12.2. The minimum Gasteiger partial charge on any atom is -0.457 e. The maximum absolute atomic E-state index is 13.7. The minimum absolute atomic E-state index is 0.0644. The van der Waals surface area contributed by atoms with E-state index in [9.17, 15) is 9.59 Å². The number of aromatic nitrogens is 2. The molecule has 7 nitrogen and oxygen atoms in total. The molecule has 1 atom stereocenters. The van der Waals surface area contributed by atoms with Gasteiger partial charge < -0.3 is 15.0 Å². The van der Waals surface area contributed by atoms with Gasteiger partial charge in [0.05, 0.1) is 22.4 Å². The van der Waals surface area contributed by atoms with Crippen molar-refractivity contribution in [3.05, 3.63) is 87.9 Å². The zero-order valence-electron chi connectivity index (χ0n) is 19.5. The van der Waals surface area contributed by atoms with Gasteiger partial charge in [-0.15, -0.1) is 0 Å². The topological polar surface area (TPSA) is 68.5 Å². The molecule has 1 aromatic heterocycles. The van der Waals surface area contributed by atoms with Gasteiger partial charge in [0, 0.05) is 25.8 Å². The molecule has 1 amide bonds. The second kappa shape index (κ2) is 8.65. The predicted octanol–water partition coefficient (Wildman–Crippen LogP) is 2.39. The maximum atomic E-state index is 13.7. The van der Waals surface area contributed by atoms with E-state index in [1.165, 1.54) is 24.5 Å². The van der Waals surface area contributed by atoms with Crippen molar-refractivity contribution in [2.24, 2.45) is 0 Å². The molecule has 0 bridgehead atoms. The van der Waals surface area contributed by atoms with E-state index in [1.54, 1.807) is 9.47 Å². The number of rotatable bonds is 6. The number of likely N-dealkylation sites (tertiary alicyclic amines) is 1. The summed E-state index contributed by atoms with van der Waals surface area (Å²) in [5.74, 6) is 2.14. The molecule has 2 aliphatic heterocycles. The lowest BCUT2D eigenvalue weighted by atomic mass is 10.1. The summed E-state index contributed by atoms with van der Waals surface area (Å²) in [4.78, 5) is 27.5. The van der Waals surface area contributed by atoms with Gasteiger partial charge in [-0.1, -0.05) is 18.7 Å². The van der Waals surface area contributed by atoms with Crippen molar-refractivity contribution in [1.29, 1.82) is 0 Å². The molecule has 0 spiro atoms. The zero-order chi connectivity index (χ0) is 23.9. The molecule has 1 saturated carbocycles. The molecule has 1 aliphatic carbocycles. The summed E-state index contributed by atoms with van der Waals surface area (Å²) in [7, 11) is 0. The highest BCUT2D eigenvalue weighted by molar-refractivity contribution is 5.87. The Morgan fingerprint density at radius 3 is 2.66 bits per heavy atom. The van der Waals surface area contributed by atoms with Gasteiger partial charge in [-0.3, -0.25) is 13.9 Å². The number of carbonyl (C=O) groups excluding carboxylic acids is 1. The van der Waals surface area contributed by atoms with E-state index in [4.69, 9.17) is 4.74 Å². The van der Waals surface area contributed by atoms with Gasteiger partial charge in [-0.05, 0) is 79.3 Å². The van der Waals surface area contributed by atoms with Gasteiger partial charge in [0.1, 0.15) is 11.5 Å². The molecule has 1 saturated heterocycles. The summed E-state index contributed by atoms with van der Waals surface area (Å²) in [6.45, 7) is 5.38. The largest absolute Gasteiger partial charge is 0.457 e. The molecule has 0 unspecified atom stereocenters. The van der Waals surface area contributed by atoms with Gasteiger partial charge in [-0.2, -0.15) is 0 Å². The molecule has 3 aromatic rings. The van der Waals surface area contributed by atoms with E-state index in [2.05, 4.69) is 24.0 Å². The van der Waals surface area contributed by atoms with Crippen LogP contribution in [-0.4, -0.2) is 39.6 Å². The Kier molecular flexibility index (Phi) is 5.32. The van der Waals surface area contributed by atoms with Gasteiger partial charge >= 0.3 is 5.69 Å². The fourth-order valence-corrected chi connectivity index (χ4v) is 5.14. The normalized spacial score (nSPS) is 18.7. The van der Waals surface area contributed by atoms with E-state index < -0.39 is 0 Å². The van der Waals surface area contributed by atoms with Crippen LogP contribution in [0.5, 0.6) is 11.5 Å². The number of nitrogens with one attached hydrogen (secondary N) is 1. The number of imidazole rings is 1. The molecule has 3 aliphatic rings. The fraction of sp³-hybridized carbons (Fsp3) is 0.286. The van der Waals surface area contributed by atoms with Crippen LogP contribution in [-0.2, 0) is 4.79 Å². The second-order valence-corrected chi connectivity index (χ2v) is 9.39. The number of benzene rings is 2. The molecule has 2 aromatic carbocycles. The standard InChI is InChI=1S/C28H28N4O3/c1-2-27(33)30-15-13-22(18-30)32-25-12-14-29-17-26(25)31(28(32)34)21-8-10-23(11-9-21)35-24-5-3-4-20(16-24)19-6-7-19/h2-5,8-12,16-17,19,22,29H,1,6-7,13-15,18H2/t22-/m1/s1. The van der Waals surface area contributed by atoms with Crippen LogP contribution in [0.2, 0.25) is 0 Å². The van der Waals surface area contributed by atoms with Crippen molar-refractivity contribution in [1.82, 2.24) is 19.4 Å². The average Bonchev–Trinajstić information content (AvgIpc) is 3.56. The molecule has 178 valence electrons. The van der Waals surface area contributed by atoms with Crippen LogP contribution in [0.15, 0.2) is 66.0 Å². The van der Waals surface area contributed by atoms with E-state index in [0.29, 0.717) is 25.6 Å². The summed E-state index contributed by atoms with van der Waals surface area (Å²) >= 11 is 0. The van der Waals surface area contributed by atoms with Crippen molar-refractivity contribution in [3.8, 4) is 17.2 Å². The molecule has 2 fully saturated rings. The number of ether oxygens (including phenoxy) is 1. The first-order chi connectivity index (χ1) is 17.1. The molecule has 7 heteroatoms. The number of nitrogens with zero attached hydrogens (tertiary/aromatic N) is 3. The fourth-order valence-electron chi connectivity index (χ4n) is 5.14. The Labute approximate surface area is 203 Å². The van der Waals surface area contributed by atoms with Crippen LogP contribution >= 0.6 is 0 Å². The molecule has 0 radical (unpaired) electrons. The number of fused-ring (bicyclic) bond motifs is 1. The summed E-state index contributed by atoms with van der Waals surface area (Å²) in [6.07, 6.45) is 8.51. The van der Waals surface area contributed by atoms with Gasteiger partial charge in [0.2, 0.25) is 5.91 Å². The van der Waals surface area contributed by atoms with Crippen molar-refractivity contribution < 1.29 is 9.53 Å². The highest BCUT2D eigenvalue weighted by atomic mass is 16.5. The molecule has 1 N–H and O–H groups in total. The smallest absolute Gasteiger partial charge is 0.334 e. The predicted molar refractivity (Wildman–Crippen MR) is 135 cm³/mol.